The first-order valence-corrected chi connectivity index (χ1v) is 11.0. The molecule has 3 amide bonds. The number of rotatable bonds is 7. The van der Waals surface area contributed by atoms with Gasteiger partial charge in [0.15, 0.2) is 0 Å². The lowest BCUT2D eigenvalue weighted by molar-refractivity contribution is 0.102. The Hall–Kier alpha value is -4.38. The number of hydrogen-bond donors (Lipinski definition) is 2. The number of halogens is 1. The lowest BCUT2D eigenvalue weighted by atomic mass is 10.1. The number of carbonyl (C=O) groups is 2. The second-order valence-electron chi connectivity index (χ2n) is 7.67. The summed E-state index contributed by atoms with van der Waals surface area (Å²) in [7, 11) is 3.93. The molecule has 0 aliphatic rings. The molecule has 1 heterocycles. The highest BCUT2D eigenvalue weighted by atomic mass is 35.5. The van der Waals surface area contributed by atoms with Gasteiger partial charge in [-0.15, -0.1) is 5.11 Å². The fourth-order valence-corrected chi connectivity index (χ4v) is 3.59. The highest BCUT2D eigenvalue weighted by Gasteiger charge is 2.13. The lowest BCUT2D eigenvalue weighted by Gasteiger charge is -2.16. The fraction of sp³-hybridized carbons (Fsp3) is 0.174. The Morgan fingerprint density at radius 2 is 1.86 bits per heavy atom. The lowest BCUT2D eigenvalue weighted by Crippen LogP contribution is -2.26. The largest absolute Gasteiger partial charge is 0.377 e. The molecule has 0 fully saturated rings. The van der Waals surface area contributed by atoms with Gasteiger partial charge in [-0.2, -0.15) is 0 Å². The van der Waals surface area contributed by atoms with E-state index in [0.29, 0.717) is 16.3 Å². The Kier molecular flexibility index (Phi) is 7.27. The number of tetrazole rings is 1. The van der Waals surface area contributed by atoms with E-state index in [9.17, 15) is 9.59 Å². The molecule has 12 heteroatoms. The average Bonchev–Trinajstić information content (AvgIpc) is 3.29. The van der Waals surface area contributed by atoms with E-state index in [0.717, 1.165) is 16.5 Å². The van der Waals surface area contributed by atoms with Gasteiger partial charge in [0.25, 0.3) is 5.91 Å². The molecule has 35 heavy (non-hydrogen) atoms. The molecule has 0 aliphatic carbocycles. The van der Waals surface area contributed by atoms with E-state index >= 15 is 0 Å². The summed E-state index contributed by atoms with van der Waals surface area (Å²) in [5.41, 5.74) is 2.00. The summed E-state index contributed by atoms with van der Waals surface area (Å²) in [6.07, 6.45) is 0. The van der Waals surface area contributed by atoms with Crippen LogP contribution in [-0.2, 0) is 6.54 Å². The third kappa shape index (κ3) is 5.76. The summed E-state index contributed by atoms with van der Waals surface area (Å²) in [5.74, 6) is -0.271. The summed E-state index contributed by atoms with van der Waals surface area (Å²) in [5, 5.41) is 26.7. The third-order valence-corrected chi connectivity index (χ3v) is 5.29. The van der Waals surface area contributed by atoms with Crippen molar-refractivity contribution in [2.24, 2.45) is 10.2 Å². The molecule has 0 bridgehead atoms. The average molecular weight is 492 g/mol. The van der Waals surface area contributed by atoms with Crippen molar-refractivity contribution in [2.75, 3.05) is 30.9 Å². The molecule has 0 saturated carbocycles. The number of carbonyl (C=O) groups excluding carboxylic acids is 2. The van der Waals surface area contributed by atoms with E-state index in [2.05, 4.69) is 36.4 Å². The summed E-state index contributed by atoms with van der Waals surface area (Å²) < 4.78 is 1.35. The first kappa shape index (κ1) is 23.8. The van der Waals surface area contributed by atoms with Crippen molar-refractivity contribution < 1.29 is 9.59 Å². The maximum atomic E-state index is 12.4. The highest BCUT2D eigenvalue weighted by Crippen LogP contribution is 2.33. The molecule has 11 nitrogen and oxygen atoms in total. The van der Waals surface area contributed by atoms with Crippen molar-refractivity contribution in [3.63, 3.8) is 0 Å². The number of azo groups is 1. The molecule has 0 saturated heterocycles. The zero-order valence-corrected chi connectivity index (χ0v) is 19.8. The quantitative estimate of drug-likeness (QED) is 0.371. The first-order chi connectivity index (χ1) is 16.9. The van der Waals surface area contributed by atoms with E-state index in [4.69, 9.17) is 11.6 Å². The minimum absolute atomic E-state index is 0.137. The van der Waals surface area contributed by atoms with Gasteiger partial charge in [0.2, 0.25) is 5.95 Å². The summed E-state index contributed by atoms with van der Waals surface area (Å²) in [4.78, 5) is 26.6. The number of urea groups is 1. The normalized spacial score (nSPS) is 11.1. The van der Waals surface area contributed by atoms with Crippen LogP contribution in [0, 0.1) is 0 Å². The maximum Gasteiger partial charge on any atom is 0.359 e. The van der Waals surface area contributed by atoms with Crippen LogP contribution >= 0.6 is 11.6 Å². The summed E-state index contributed by atoms with van der Waals surface area (Å²) in [6, 6.07) is 17.4. The highest BCUT2D eigenvalue weighted by molar-refractivity contribution is 6.31. The molecule has 3 aromatic carbocycles. The molecule has 0 spiro atoms. The van der Waals surface area contributed by atoms with Crippen LogP contribution in [0.5, 0.6) is 0 Å². The van der Waals surface area contributed by atoms with Gasteiger partial charge in [-0.05, 0) is 40.8 Å². The van der Waals surface area contributed by atoms with Gasteiger partial charge in [0, 0.05) is 47.7 Å². The van der Waals surface area contributed by atoms with Crippen molar-refractivity contribution >= 4 is 51.6 Å². The number of nitrogens with one attached hydrogen (secondary N) is 2. The third-order valence-electron chi connectivity index (χ3n) is 5.05. The molecule has 0 radical (unpaired) electrons. The Morgan fingerprint density at radius 1 is 1.06 bits per heavy atom. The number of anilines is 2. The van der Waals surface area contributed by atoms with Gasteiger partial charge in [0.1, 0.15) is 0 Å². The first-order valence-electron chi connectivity index (χ1n) is 10.6. The zero-order chi connectivity index (χ0) is 24.8. The Bertz CT molecular complexity index is 1400. The molecular formula is C23H22ClN9O2. The van der Waals surface area contributed by atoms with Crippen molar-refractivity contribution in [1.82, 2.24) is 25.5 Å². The number of benzene rings is 3. The number of nitrogens with zero attached hydrogens (tertiary/aromatic N) is 7. The van der Waals surface area contributed by atoms with Crippen LogP contribution in [0.25, 0.3) is 10.8 Å². The fourth-order valence-electron chi connectivity index (χ4n) is 3.40. The van der Waals surface area contributed by atoms with Gasteiger partial charge in [0.05, 0.1) is 12.2 Å². The predicted molar refractivity (Wildman–Crippen MR) is 133 cm³/mol. The van der Waals surface area contributed by atoms with Gasteiger partial charge >= 0.3 is 6.03 Å². The topological polar surface area (TPSA) is 130 Å². The van der Waals surface area contributed by atoms with Crippen LogP contribution in [0.15, 0.2) is 70.9 Å². The van der Waals surface area contributed by atoms with Gasteiger partial charge in [-0.3, -0.25) is 10.1 Å². The van der Waals surface area contributed by atoms with E-state index in [1.807, 2.05) is 55.4 Å². The van der Waals surface area contributed by atoms with Gasteiger partial charge in [-0.25, -0.2) is 9.48 Å². The van der Waals surface area contributed by atoms with E-state index in [1.54, 1.807) is 18.2 Å². The molecule has 0 atom stereocenters. The van der Waals surface area contributed by atoms with Crippen molar-refractivity contribution in [2.45, 2.75) is 6.54 Å². The smallest absolute Gasteiger partial charge is 0.359 e. The number of fused-ring (bicyclic) bond motifs is 1. The number of aromatic nitrogens is 4. The van der Waals surface area contributed by atoms with E-state index < -0.39 is 11.9 Å². The Morgan fingerprint density at radius 3 is 2.63 bits per heavy atom. The summed E-state index contributed by atoms with van der Waals surface area (Å²) in [6.45, 7) is 0.378. The SMILES string of the molecule is CN(C)c1ccc(N=NC(=O)NCCn2nnnc2NC(=O)c2cccc(Cl)c2)c2ccccc12. The molecule has 178 valence electrons. The molecule has 0 unspecified atom stereocenters. The molecular weight excluding hydrogens is 470 g/mol. The molecule has 4 rings (SSSR count). The van der Waals surface area contributed by atoms with Crippen LogP contribution < -0.4 is 15.5 Å². The van der Waals surface area contributed by atoms with Gasteiger partial charge in [-0.1, -0.05) is 52.1 Å². The predicted octanol–water partition coefficient (Wildman–Crippen LogP) is 4.29. The monoisotopic (exact) mass is 491 g/mol. The van der Waals surface area contributed by atoms with Crippen LogP contribution in [0.3, 0.4) is 0 Å². The summed E-state index contributed by atoms with van der Waals surface area (Å²) >= 11 is 5.93. The second kappa shape index (κ2) is 10.7. The maximum absolute atomic E-state index is 12.4. The van der Waals surface area contributed by atoms with Crippen LogP contribution in [0.4, 0.5) is 22.1 Å². The van der Waals surface area contributed by atoms with Crippen LogP contribution in [-0.4, -0.2) is 52.8 Å². The standard InChI is InChI=1S/C23H22ClN9O2/c1-32(2)20-11-10-19(17-8-3-4-9-18(17)20)27-29-23(35)25-12-13-33-22(28-30-31-33)26-21(34)15-6-5-7-16(24)14-15/h3-11,14H,12-13H2,1-2H3,(H,25,35)(H,26,28,31,34). The molecule has 0 aliphatic heterocycles. The van der Waals surface area contributed by atoms with E-state index in [1.165, 1.54) is 10.7 Å². The van der Waals surface area contributed by atoms with Crippen LogP contribution in [0.2, 0.25) is 5.02 Å². The minimum Gasteiger partial charge on any atom is -0.377 e. The number of amides is 3. The second-order valence-corrected chi connectivity index (χ2v) is 8.10. The van der Waals surface area contributed by atoms with Gasteiger partial charge < -0.3 is 10.2 Å². The molecule has 2 N–H and O–H groups in total. The van der Waals surface area contributed by atoms with Crippen molar-refractivity contribution in [3.8, 4) is 0 Å². The minimum atomic E-state index is -0.608. The van der Waals surface area contributed by atoms with Crippen molar-refractivity contribution in [3.05, 3.63) is 71.2 Å². The Balaban J connectivity index is 1.35. The van der Waals surface area contributed by atoms with E-state index in [-0.39, 0.29) is 19.0 Å². The van der Waals surface area contributed by atoms with Crippen LogP contribution in [0.1, 0.15) is 10.4 Å². The number of hydrogen-bond acceptors (Lipinski definition) is 7. The zero-order valence-electron chi connectivity index (χ0n) is 19.0. The molecule has 1 aromatic heterocycles. The van der Waals surface area contributed by atoms with Crippen molar-refractivity contribution in [1.29, 1.82) is 0 Å². The Labute approximate surface area is 205 Å². The molecule has 4 aromatic rings.